The van der Waals surface area contributed by atoms with Crippen molar-refractivity contribution < 1.29 is 19.4 Å². The highest BCUT2D eigenvalue weighted by Crippen LogP contribution is 2.43. The average molecular weight is 451 g/mol. The van der Waals surface area contributed by atoms with Crippen LogP contribution in [0.15, 0.2) is 54.4 Å². The van der Waals surface area contributed by atoms with Crippen molar-refractivity contribution in [1.82, 2.24) is 15.2 Å². The first-order valence-corrected chi connectivity index (χ1v) is 11.0. The van der Waals surface area contributed by atoms with Crippen LogP contribution in [0.1, 0.15) is 48.9 Å². The number of aromatic nitrogens is 3. The van der Waals surface area contributed by atoms with Crippen LogP contribution >= 0.6 is 11.3 Å². The van der Waals surface area contributed by atoms with Gasteiger partial charge < -0.3 is 9.84 Å². The number of carbonyl (C=O) groups is 2. The number of hydrogen-bond donors (Lipinski definition) is 1. The number of hydrogen-bond acceptors (Lipinski definition) is 8. The molecular weight excluding hydrogens is 428 g/mol. The molecule has 0 spiro atoms. The van der Waals surface area contributed by atoms with E-state index in [4.69, 9.17) is 4.74 Å². The van der Waals surface area contributed by atoms with Crippen LogP contribution in [0.5, 0.6) is 5.75 Å². The summed E-state index contributed by atoms with van der Waals surface area (Å²) in [5.74, 6) is -1.05. The van der Waals surface area contributed by atoms with Crippen LogP contribution in [0.2, 0.25) is 0 Å². The first-order valence-electron chi connectivity index (χ1n) is 10.2. The highest BCUT2D eigenvalue weighted by atomic mass is 32.1. The topological polar surface area (TPSA) is 106 Å². The molecule has 9 heteroatoms. The molecule has 1 amide bonds. The normalized spacial score (nSPS) is 17.9. The third-order valence-corrected chi connectivity index (χ3v) is 6.24. The second kappa shape index (κ2) is 8.88. The number of amides is 1. The Kier molecular flexibility index (Phi) is 6.00. The van der Waals surface area contributed by atoms with Crippen LogP contribution < -0.4 is 9.64 Å². The predicted molar refractivity (Wildman–Crippen MR) is 121 cm³/mol. The Morgan fingerprint density at radius 1 is 1.19 bits per heavy atom. The first kappa shape index (κ1) is 21.6. The fraction of sp³-hybridized carbons (Fsp3) is 0.261. The number of aliphatic hydroxyl groups excluding tert-OH is 1. The number of nitrogens with zero attached hydrogens (tertiary/aromatic N) is 4. The second-order valence-electron chi connectivity index (χ2n) is 7.49. The number of anilines is 1. The summed E-state index contributed by atoms with van der Waals surface area (Å²) in [6, 6.07) is 9.30. The number of rotatable bonds is 6. The van der Waals surface area contributed by atoms with E-state index in [1.165, 1.54) is 16.2 Å². The molecule has 3 aromatic rings. The molecule has 1 atom stereocenters. The lowest BCUT2D eigenvalue weighted by molar-refractivity contribution is -0.132. The van der Waals surface area contributed by atoms with Crippen molar-refractivity contribution in [3.8, 4) is 5.75 Å². The molecule has 0 bridgehead atoms. The molecule has 1 unspecified atom stereocenters. The van der Waals surface area contributed by atoms with E-state index in [-0.39, 0.29) is 17.3 Å². The summed E-state index contributed by atoms with van der Waals surface area (Å²) >= 11 is 1.25. The quantitative estimate of drug-likeness (QED) is 0.343. The minimum absolute atomic E-state index is 0.0199. The van der Waals surface area contributed by atoms with Crippen LogP contribution in [0.25, 0.3) is 5.76 Å². The molecule has 8 nitrogen and oxygen atoms in total. The Morgan fingerprint density at radius 2 is 1.94 bits per heavy atom. The maximum absolute atomic E-state index is 13.1. The molecule has 1 aliphatic rings. The van der Waals surface area contributed by atoms with Crippen LogP contribution in [-0.2, 0) is 9.59 Å². The van der Waals surface area contributed by atoms with E-state index in [0.29, 0.717) is 28.6 Å². The Hall–Kier alpha value is -3.59. The average Bonchev–Trinajstić information content (AvgIpc) is 3.38. The summed E-state index contributed by atoms with van der Waals surface area (Å²) in [6.45, 7) is 6.34. The summed E-state index contributed by atoms with van der Waals surface area (Å²) in [5.41, 5.74) is 0.967. The van der Waals surface area contributed by atoms with E-state index in [9.17, 15) is 14.7 Å². The predicted octanol–water partition coefficient (Wildman–Crippen LogP) is 4.08. The molecule has 0 aliphatic carbocycles. The highest BCUT2D eigenvalue weighted by molar-refractivity contribution is 7.15. The SMILES string of the molecule is CCOc1ccc(/C(O)=C2/C(=O)C(=O)N(c3nnc(C(C)C)s3)C2c2cccnc2)cc1. The first-order chi connectivity index (χ1) is 15.4. The molecule has 3 heterocycles. The zero-order chi connectivity index (χ0) is 22.8. The number of ketones is 1. The van der Waals surface area contributed by atoms with Gasteiger partial charge >= 0.3 is 5.91 Å². The molecule has 164 valence electrons. The lowest BCUT2D eigenvalue weighted by Crippen LogP contribution is -2.29. The van der Waals surface area contributed by atoms with Crippen LogP contribution in [0.4, 0.5) is 5.13 Å². The van der Waals surface area contributed by atoms with Crippen molar-refractivity contribution >= 4 is 33.9 Å². The number of carbonyl (C=O) groups excluding carboxylic acids is 2. The smallest absolute Gasteiger partial charge is 0.301 e. The van der Waals surface area contributed by atoms with Crippen molar-refractivity contribution in [2.45, 2.75) is 32.7 Å². The van der Waals surface area contributed by atoms with Gasteiger partial charge in [-0.05, 0) is 42.8 Å². The standard InChI is InChI=1S/C23H22N4O4S/c1-4-31-16-9-7-14(8-10-16)19(28)17-18(15-6-5-11-24-12-15)27(22(30)20(17)29)23-26-25-21(32-23)13(2)3/h5-13,18,28H,4H2,1-3H3/b19-17-. The van der Waals surface area contributed by atoms with E-state index < -0.39 is 17.7 Å². The molecule has 1 aliphatic heterocycles. The van der Waals surface area contributed by atoms with Gasteiger partial charge in [-0.2, -0.15) is 0 Å². The summed E-state index contributed by atoms with van der Waals surface area (Å²) in [6.07, 6.45) is 3.17. The van der Waals surface area contributed by atoms with E-state index >= 15 is 0 Å². The molecule has 1 fully saturated rings. The Morgan fingerprint density at radius 3 is 2.53 bits per heavy atom. The molecule has 1 saturated heterocycles. The summed E-state index contributed by atoms with van der Waals surface area (Å²) in [7, 11) is 0. The van der Waals surface area contributed by atoms with Gasteiger partial charge in [0.2, 0.25) is 5.13 Å². The lowest BCUT2D eigenvalue weighted by atomic mass is 9.96. The Labute approximate surface area is 189 Å². The summed E-state index contributed by atoms with van der Waals surface area (Å²) < 4.78 is 5.44. The van der Waals surface area contributed by atoms with Crippen molar-refractivity contribution in [2.75, 3.05) is 11.5 Å². The monoisotopic (exact) mass is 450 g/mol. The minimum Gasteiger partial charge on any atom is -0.507 e. The molecule has 1 aromatic carbocycles. The van der Waals surface area contributed by atoms with Gasteiger partial charge in [-0.3, -0.25) is 19.5 Å². The number of Topliss-reactive ketones (excluding diaryl/α,β-unsaturated/α-hetero) is 1. The minimum atomic E-state index is -0.872. The van der Waals surface area contributed by atoms with Gasteiger partial charge in [0.15, 0.2) is 0 Å². The van der Waals surface area contributed by atoms with Crippen LogP contribution in [0.3, 0.4) is 0 Å². The third-order valence-electron chi connectivity index (χ3n) is 5.01. The molecular formula is C23H22N4O4S. The van der Waals surface area contributed by atoms with Gasteiger partial charge in [0.25, 0.3) is 5.78 Å². The zero-order valence-corrected chi connectivity index (χ0v) is 18.7. The molecule has 0 saturated carbocycles. The number of ether oxygens (including phenoxy) is 1. The maximum Gasteiger partial charge on any atom is 0.301 e. The van der Waals surface area contributed by atoms with Gasteiger partial charge in [0, 0.05) is 23.9 Å². The molecule has 4 rings (SSSR count). The number of benzene rings is 1. The largest absolute Gasteiger partial charge is 0.507 e. The molecule has 32 heavy (non-hydrogen) atoms. The van der Waals surface area contributed by atoms with Crippen molar-refractivity contribution in [2.24, 2.45) is 0 Å². The van der Waals surface area contributed by atoms with Crippen molar-refractivity contribution in [3.63, 3.8) is 0 Å². The van der Waals surface area contributed by atoms with E-state index in [1.54, 1.807) is 48.8 Å². The fourth-order valence-corrected chi connectivity index (χ4v) is 4.34. The van der Waals surface area contributed by atoms with Gasteiger partial charge in [-0.1, -0.05) is 31.3 Å². The maximum atomic E-state index is 13.1. The van der Waals surface area contributed by atoms with Gasteiger partial charge in [-0.15, -0.1) is 10.2 Å². The molecule has 1 N–H and O–H groups in total. The summed E-state index contributed by atoms with van der Waals surface area (Å²) in [5, 5.41) is 20.5. The zero-order valence-electron chi connectivity index (χ0n) is 17.8. The number of aliphatic hydroxyl groups is 1. The van der Waals surface area contributed by atoms with E-state index in [1.807, 2.05) is 20.8 Å². The van der Waals surface area contributed by atoms with Crippen molar-refractivity contribution in [1.29, 1.82) is 0 Å². The van der Waals surface area contributed by atoms with Gasteiger partial charge in [0.05, 0.1) is 18.2 Å². The summed E-state index contributed by atoms with van der Waals surface area (Å²) in [4.78, 5) is 31.6. The van der Waals surface area contributed by atoms with E-state index in [2.05, 4.69) is 15.2 Å². The Balaban J connectivity index is 1.85. The highest BCUT2D eigenvalue weighted by Gasteiger charge is 2.48. The van der Waals surface area contributed by atoms with Crippen molar-refractivity contribution in [3.05, 3.63) is 70.5 Å². The van der Waals surface area contributed by atoms with Crippen LogP contribution in [-0.4, -0.2) is 38.6 Å². The third kappa shape index (κ3) is 3.87. The van der Waals surface area contributed by atoms with Crippen LogP contribution in [0, 0.1) is 0 Å². The Bertz CT molecular complexity index is 1170. The van der Waals surface area contributed by atoms with E-state index in [0.717, 1.165) is 5.01 Å². The fourth-order valence-electron chi connectivity index (χ4n) is 3.47. The lowest BCUT2D eigenvalue weighted by Gasteiger charge is -2.22. The van der Waals surface area contributed by atoms with Gasteiger partial charge in [0.1, 0.15) is 16.5 Å². The number of pyridine rings is 1. The van der Waals surface area contributed by atoms with Gasteiger partial charge in [-0.25, -0.2) is 0 Å². The molecule has 0 radical (unpaired) electrons. The second-order valence-corrected chi connectivity index (χ2v) is 8.48. The molecule has 2 aromatic heterocycles.